The summed E-state index contributed by atoms with van der Waals surface area (Å²) < 4.78 is 0. The van der Waals surface area contributed by atoms with Gasteiger partial charge in [0.2, 0.25) is 17.7 Å². The summed E-state index contributed by atoms with van der Waals surface area (Å²) in [5.41, 5.74) is 6.34. The molecule has 30 heavy (non-hydrogen) atoms. The summed E-state index contributed by atoms with van der Waals surface area (Å²) in [7, 11) is 0. The van der Waals surface area contributed by atoms with Crippen LogP contribution in [0.1, 0.15) is 26.0 Å². The van der Waals surface area contributed by atoms with E-state index in [-0.39, 0.29) is 12.3 Å². The van der Waals surface area contributed by atoms with E-state index >= 15 is 0 Å². The first kappa shape index (κ1) is 24.6. The number of nitrogens with zero attached hydrogens (tertiary/aromatic N) is 1. The van der Waals surface area contributed by atoms with Crippen LogP contribution < -0.4 is 21.7 Å². The molecule has 0 saturated carbocycles. The van der Waals surface area contributed by atoms with Crippen molar-refractivity contribution >= 4 is 29.7 Å². The lowest BCUT2D eigenvalue weighted by atomic mass is 10.0. The Morgan fingerprint density at radius 3 is 2.27 bits per heavy atom. The molecule has 0 fully saturated rings. The van der Waals surface area contributed by atoms with E-state index in [1.54, 1.807) is 13.8 Å². The Balaban J connectivity index is 2.74. The number of hydrogen-bond acceptors (Lipinski definition) is 7. The van der Waals surface area contributed by atoms with E-state index in [1.807, 2.05) is 5.32 Å². The molecule has 0 saturated heterocycles. The van der Waals surface area contributed by atoms with Gasteiger partial charge in [0.1, 0.15) is 12.1 Å². The average Bonchev–Trinajstić information content (AvgIpc) is 3.16. The van der Waals surface area contributed by atoms with E-state index < -0.39 is 60.8 Å². The highest BCUT2D eigenvalue weighted by Gasteiger charge is 2.27. The minimum absolute atomic E-state index is 0.0424. The molecule has 13 nitrogen and oxygen atoms in total. The second-order valence-electron chi connectivity index (χ2n) is 6.89. The van der Waals surface area contributed by atoms with Gasteiger partial charge >= 0.3 is 11.9 Å². The summed E-state index contributed by atoms with van der Waals surface area (Å²) in [6.45, 7) is 2.87. The zero-order valence-electron chi connectivity index (χ0n) is 16.5. The highest BCUT2D eigenvalue weighted by molar-refractivity contribution is 5.93. The number of rotatable bonds is 12. The Hall–Kier alpha value is -3.48. The van der Waals surface area contributed by atoms with Gasteiger partial charge in [-0.05, 0) is 5.92 Å². The lowest BCUT2D eigenvalue weighted by Gasteiger charge is -2.22. The molecule has 3 unspecified atom stereocenters. The number of aromatic nitrogens is 2. The zero-order chi connectivity index (χ0) is 22.8. The van der Waals surface area contributed by atoms with E-state index in [0.717, 1.165) is 0 Å². The summed E-state index contributed by atoms with van der Waals surface area (Å²) in [5, 5.41) is 24.4. The minimum Gasteiger partial charge on any atom is -0.481 e. The predicted molar refractivity (Wildman–Crippen MR) is 102 cm³/mol. The Morgan fingerprint density at radius 1 is 1.10 bits per heavy atom. The van der Waals surface area contributed by atoms with Crippen molar-refractivity contribution in [3.8, 4) is 0 Å². The molecule has 0 aliphatic rings. The monoisotopic (exact) mass is 426 g/mol. The van der Waals surface area contributed by atoms with Crippen LogP contribution in [0.5, 0.6) is 0 Å². The van der Waals surface area contributed by atoms with Crippen molar-refractivity contribution in [1.29, 1.82) is 0 Å². The minimum atomic E-state index is -1.64. The van der Waals surface area contributed by atoms with Gasteiger partial charge in [0, 0.05) is 18.3 Å². The number of H-pyrrole nitrogens is 1. The summed E-state index contributed by atoms with van der Waals surface area (Å²) >= 11 is 0. The molecule has 1 rings (SSSR count). The molecular formula is C17H26N6O7. The highest BCUT2D eigenvalue weighted by Crippen LogP contribution is 2.03. The first-order valence-corrected chi connectivity index (χ1v) is 9.06. The highest BCUT2D eigenvalue weighted by atomic mass is 16.4. The van der Waals surface area contributed by atoms with Gasteiger partial charge in [0.05, 0.1) is 25.3 Å². The van der Waals surface area contributed by atoms with E-state index in [9.17, 15) is 24.0 Å². The average molecular weight is 426 g/mol. The van der Waals surface area contributed by atoms with Crippen LogP contribution in [-0.4, -0.2) is 74.5 Å². The normalized spacial score (nSPS) is 13.7. The van der Waals surface area contributed by atoms with Crippen LogP contribution in [0.25, 0.3) is 0 Å². The van der Waals surface area contributed by atoms with Crippen LogP contribution in [-0.2, 0) is 30.4 Å². The van der Waals surface area contributed by atoms with Gasteiger partial charge in [-0.1, -0.05) is 13.8 Å². The number of nitrogens with two attached hydrogens (primary N) is 1. The Bertz CT molecular complexity index is 765. The van der Waals surface area contributed by atoms with Crippen LogP contribution >= 0.6 is 0 Å². The van der Waals surface area contributed by atoms with Gasteiger partial charge in [-0.3, -0.25) is 19.2 Å². The number of carboxylic acid groups (broad SMARTS) is 2. The second-order valence-corrected chi connectivity index (χ2v) is 6.89. The summed E-state index contributed by atoms with van der Waals surface area (Å²) in [4.78, 5) is 64.9. The third kappa shape index (κ3) is 8.26. The fourth-order valence-electron chi connectivity index (χ4n) is 2.31. The number of aromatic amines is 1. The first-order valence-electron chi connectivity index (χ1n) is 9.06. The Labute approximate surface area is 171 Å². The molecule has 0 bridgehead atoms. The SMILES string of the molecule is CC(C)C(N)C(=O)NC(Cc1cnc[nH]1)C(=O)NCC(=O)NC(CC(=O)O)C(=O)O. The maximum absolute atomic E-state index is 12.5. The fourth-order valence-corrected chi connectivity index (χ4v) is 2.31. The van der Waals surface area contributed by atoms with E-state index in [2.05, 4.69) is 20.6 Å². The molecular weight excluding hydrogens is 400 g/mol. The molecule has 1 heterocycles. The zero-order valence-corrected chi connectivity index (χ0v) is 16.5. The maximum Gasteiger partial charge on any atom is 0.326 e. The third-order valence-corrected chi connectivity index (χ3v) is 4.07. The summed E-state index contributed by atoms with van der Waals surface area (Å²) in [6, 6.07) is -3.57. The molecule has 1 aromatic rings. The van der Waals surface area contributed by atoms with Crippen molar-refractivity contribution in [2.45, 2.75) is 44.8 Å². The topological polar surface area (TPSA) is 217 Å². The predicted octanol–water partition coefficient (Wildman–Crippen LogP) is -2.42. The van der Waals surface area contributed by atoms with E-state index in [1.165, 1.54) is 12.5 Å². The third-order valence-electron chi connectivity index (χ3n) is 4.07. The quantitative estimate of drug-likeness (QED) is 0.189. The molecule has 3 atom stereocenters. The van der Waals surface area contributed by atoms with Crippen LogP contribution in [0.3, 0.4) is 0 Å². The second kappa shape index (κ2) is 11.5. The molecule has 166 valence electrons. The Kier molecular flexibility index (Phi) is 9.42. The molecule has 13 heteroatoms. The summed E-state index contributed by atoms with van der Waals surface area (Å²) in [5.74, 6) is -5.27. The molecule has 0 radical (unpaired) electrons. The Morgan fingerprint density at radius 2 is 1.77 bits per heavy atom. The van der Waals surface area contributed by atoms with Crippen molar-refractivity contribution < 1.29 is 34.2 Å². The van der Waals surface area contributed by atoms with E-state index in [4.69, 9.17) is 15.9 Å². The first-order chi connectivity index (χ1) is 14.0. The van der Waals surface area contributed by atoms with Crippen molar-refractivity contribution in [3.05, 3.63) is 18.2 Å². The lowest BCUT2D eigenvalue weighted by Crippen LogP contribution is -2.55. The number of nitrogens with one attached hydrogen (secondary N) is 4. The number of carbonyl (C=O) groups is 5. The number of imidazole rings is 1. The molecule has 0 aliphatic heterocycles. The van der Waals surface area contributed by atoms with Gasteiger partial charge in [0.15, 0.2) is 0 Å². The number of aliphatic carboxylic acids is 2. The largest absolute Gasteiger partial charge is 0.481 e. The number of hydrogen-bond donors (Lipinski definition) is 7. The lowest BCUT2D eigenvalue weighted by molar-refractivity contribution is -0.147. The van der Waals surface area contributed by atoms with Crippen molar-refractivity contribution in [2.75, 3.05) is 6.54 Å². The van der Waals surface area contributed by atoms with Crippen LogP contribution in [0.2, 0.25) is 0 Å². The number of carboxylic acids is 2. The van der Waals surface area contributed by atoms with Gasteiger partial charge < -0.3 is 36.9 Å². The molecule has 0 aromatic carbocycles. The van der Waals surface area contributed by atoms with Gasteiger partial charge in [-0.25, -0.2) is 9.78 Å². The number of amides is 3. The summed E-state index contributed by atoms with van der Waals surface area (Å²) in [6.07, 6.45) is 2.08. The van der Waals surface area contributed by atoms with Gasteiger partial charge in [-0.15, -0.1) is 0 Å². The fraction of sp³-hybridized carbons (Fsp3) is 0.529. The smallest absolute Gasteiger partial charge is 0.326 e. The molecule has 3 amide bonds. The molecule has 0 spiro atoms. The van der Waals surface area contributed by atoms with Crippen molar-refractivity contribution in [3.63, 3.8) is 0 Å². The molecule has 8 N–H and O–H groups in total. The van der Waals surface area contributed by atoms with Gasteiger partial charge in [0.25, 0.3) is 0 Å². The van der Waals surface area contributed by atoms with Crippen LogP contribution in [0.4, 0.5) is 0 Å². The van der Waals surface area contributed by atoms with Crippen LogP contribution in [0, 0.1) is 5.92 Å². The van der Waals surface area contributed by atoms with Crippen molar-refractivity contribution in [1.82, 2.24) is 25.9 Å². The molecule has 1 aromatic heterocycles. The van der Waals surface area contributed by atoms with Gasteiger partial charge in [-0.2, -0.15) is 0 Å². The standard InChI is InChI=1S/C17H26N6O7/c1-8(2)14(18)16(28)23-10(3-9-5-19-7-21-9)15(27)20-6-12(24)22-11(17(29)30)4-13(25)26/h5,7-8,10-11,14H,3-4,6,18H2,1-2H3,(H,19,21)(H,20,27)(H,22,24)(H,23,28)(H,25,26)(H,29,30). The maximum atomic E-state index is 12.5. The molecule has 0 aliphatic carbocycles. The van der Waals surface area contributed by atoms with Crippen LogP contribution in [0.15, 0.2) is 12.5 Å². The van der Waals surface area contributed by atoms with E-state index in [0.29, 0.717) is 5.69 Å². The van der Waals surface area contributed by atoms with Crippen molar-refractivity contribution in [2.24, 2.45) is 11.7 Å². The number of carbonyl (C=O) groups excluding carboxylic acids is 3.